The van der Waals surface area contributed by atoms with E-state index in [2.05, 4.69) is 0 Å². The zero-order valence-corrected chi connectivity index (χ0v) is 6.68. The van der Waals surface area contributed by atoms with Crippen LogP contribution in [-0.2, 0) is 4.79 Å². The van der Waals surface area contributed by atoms with Gasteiger partial charge in [-0.1, -0.05) is 18.9 Å². The molecule has 0 radical (unpaired) electrons. The minimum absolute atomic E-state index is 0.615. The molecule has 2 heteroatoms. The minimum atomic E-state index is -0.730. The third kappa shape index (κ3) is 2.74. The summed E-state index contributed by atoms with van der Waals surface area (Å²) in [6.07, 6.45) is 8.21. The summed E-state index contributed by atoms with van der Waals surface area (Å²) in [5.41, 5.74) is 0.615. The summed E-state index contributed by atoms with van der Waals surface area (Å²) in [5, 5.41) is 8.69. The van der Waals surface area contributed by atoms with Gasteiger partial charge < -0.3 is 5.11 Å². The lowest BCUT2D eigenvalue weighted by Crippen LogP contribution is -2.02. The van der Waals surface area contributed by atoms with Gasteiger partial charge in [-0.05, 0) is 25.7 Å². The predicted octanol–water partition coefficient (Wildman–Crippen LogP) is 2.35. The SMILES string of the molecule is O=C(O)/C1=C\CCCCCC1. The van der Waals surface area contributed by atoms with Gasteiger partial charge in [0, 0.05) is 5.57 Å². The molecule has 0 saturated carbocycles. The average Bonchev–Trinajstić information content (AvgIpc) is 1.84. The van der Waals surface area contributed by atoms with Crippen molar-refractivity contribution in [1.29, 1.82) is 0 Å². The van der Waals surface area contributed by atoms with Crippen LogP contribution in [0.4, 0.5) is 0 Å². The lowest BCUT2D eigenvalue weighted by Gasteiger charge is -2.06. The third-order valence-electron chi connectivity index (χ3n) is 2.07. The number of rotatable bonds is 1. The van der Waals surface area contributed by atoms with Crippen molar-refractivity contribution < 1.29 is 9.90 Å². The predicted molar refractivity (Wildman–Crippen MR) is 43.4 cm³/mol. The van der Waals surface area contributed by atoms with Crippen molar-refractivity contribution in [1.82, 2.24) is 0 Å². The number of carbonyl (C=O) groups is 1. The number of hydrogen-bond acceptors (Lipinski definition) is 1. The molecule has 11 heavy (non-hydrogen) atoms. The zero-order chi connectivity index (χ0) is 8.10. The van der Waals surface area contributed by atoms with Gasteiger partial charge in [-0.3, -0.25) is 0 Å². The van der Waals surface area contributed by atoms with Gasteiger partial charge in [0.1, 0.15) is 0 Å². The molecule has 0 bridgehead atoms. The highest BCUT2D eigenvalue weighted by Gasteiger charge is 2.07. The molecular formula is C9H14O2. The molecule has 1 N–H and O–H groups in total. The first-order valence-electron chi connectivity index (χ1n) is 4.23. The third-order valence-corrected chi connectivity index (χ3v) is 2.07. The Kier molecular flexibility index (Phi) is 3.14. The van der Waals surface area contributed by atoms with Gasteiger partial charge in [0.05, 0.1) is 0 Å². The standard InChI is InChI=1S/C9H14O2/c10-9(11)8-6-4-2-1-3-5-7-8/h6H,1-5,7H2,(H,10,11)/b8-6-. The number of aliphatic carboxylic acids is 1. The second-order valence-corrected chi connectivity index (χ2v) is 2.99. The van der Waals surface area contributed by atoms with Gasteiger partial charge in [0.15, 0.2) is 0 Å². The molecular weight excluding hydrogens is 140 g/mol. The summed E-state index contributed by atoms with van der Waals surface area (Å²) in [6, 6.07) is 0. The summed E-state index contributed by atoms with van der Waals surface area (Å²) in [5.74, 6) is -0.730. The maximum atomic E-state index is 10.6. The first-order valence-corrected chi connectivity index (χ1v) is 4.23. The van der Waals surface area contributed by atoms with Crippen LogP contribution in [0.1, 0.15) is 38.5 Å². The molecule has 0 aliphatic heterocycles. The Hall–Kier alpha value is -0.790. The fourth-order valence-corrected chi connectivity index (χ4v) is 1.39. The molecule has 1 rings (SSSR count). The van der Waals surface area contributed by atoms with Crippen LogP contribution < -0.4 is 0 Å². The van der Waals surface area contributed by atoms with E-state index in [0.29, 0.717) is 5.57 Å². The van der Waals surface area contributed by atoms with Crippen LogP contribution in [0.15, 0.2) is 11.6 Å². The van der Waals surface area contributed by atoms with Crippen LogP contribution in [0.2, 0.25) is 0 Å². The van der Waals surface area contributed by atoms with Crippen LogP contribution in [0.5, 0.6) is 0 Å². The molecule has 0 atom stereocenters. The fourth-order valence-electron chi connectivity index (χ4n) is 1.39. The van der Waals surface area contributed by atoms with E-state index in [1.54, 1.807) is 0 Å². The fraction of sp³-hybridized carbons (Fsp3) is 0.667. The van der Waals surface area contributed by atoms with Crippen LogP contribution in [0, 0.1) is 0 Å². The van der Waals surface area contributed by atoms with E-state index in [0.717, 1.165) is 25.7 Å². The quantitative estimate of drug-likeness (QED) is 0.629. The Balaban J connectivity index is 2.52. The van der Waals surface area contributed by atoms with Gasteiger partial charge in [-0.25, -0.2) is 4.79 Å². The van der Waals surface area contributed by atoms with E-state index in [1.807, 2.05) is 6.08 Å². The van der Waals surface area contributed by atoms with Gasteiger partial charge >= 0.3 is 5.97 Å². The molecule has 0 aromatic carbocycles. The minimum Gasteiger partial charge on any atom is -0.478 e. The maximum Gasteiger partial charge on any atom is 0.331 e. The molecule has 0 heterocycles. The van der Waals surface area contributed by atoms with Crippen LogP contribution in [-0.4, -0.2) is 11.1 Å². The molecule has 0 spiro atoms. The van der Waals surface area contributed by atoms with E-state index in [9.17, 15) is 4.79 Å². The Labute approximate surface area is 66.9 Å². The lowest BCUT2D eigenvalue weighted by molar-refractivity contribution is -0.132. The number of carboxylic acids is 1. The van der Waals surface area contributed by atoms with E-state index in [-0.39, 0.29) is 0 Å². The summed E-state index contributed by atoms with van der Waals surface area (Å²) in [7, 11) is 0. The normalized spacial score (nSPS) is 24.5. The molecule has 1 aliphatic rings. The zero-order valence-electron chi connectivity index (χ0n) is 6.68. The van der Waals surface area contributed by atoms with Gasteiger partial charge in [-0.15, -0.1) is 0 Å². The van der Waals surface area contributed by atoms with Gasteiger partial charge in [-0.2, -0.15) is 0 Å². The van der Waals surface area contributed by atoms with Crippen LogP contribution >= 0.6 is 0 Å². The van der Waals surface area contributed by atoms with Gasteiger partial charge in [0.25, 0.3) is 0 Å². The van der Waals surface area contributed by atoms with E-state index in [1.165, 1.54) is 12.8 Å². The highest BCUT2D eigenvalue weighted by Crippen LogP contribution is 2.16. The molecule has 0 aromatic heterocycles. The summed E-state index contributed by atoms with van der Waals surface area (Å²) < 4.78 is 0. The highest BCUT2D eigenvalue weighted by molar-refractivity contribution is 5.86. The topological polar surface area (TPSA) is 37.3 Å². The van der Waals surface area contributed by atoms with Crippen molar-refractivity contribution in [2.75, 3.05) is 0 Å². The van der Waals surface area contributed by atoms with E-state index >= 15 is 0 Å². The van der Waals surface area contributed by atoms with Crippen molar-refractivity contribution in [2.45, 2.75) is 38.5 Å². The second-order valence-electron chi connectivity index (χ2n) is 2.99. The lowest BCUT2D eigenvalue weighted by atomic mass is 10.0. The Morgan fingerprint density at radius 2 is 2.00 bits per heavy atom. The number of allylic oxidation sites excluding steroid dienone is 1. The highest BCUT2D eigenvalue weighted by atomic mass is 16.4. The Morgan fingerprint density at radius 3 is 2.73 bits per heavy atom. The Morgan fingerprint density at radius 1 is 1.27 bits per heavy atom. The summed E-state index contributed by atoms with van der Waals surface area (Å²) in [6.45, 7) is 0. The van der Waals surface area contributed by atoms with Gasteiger partial charge in [0.2, 0.25) is 0 Å². The Bertz CT molecular complexity index is 170. The van der Waals surface area contributed by atoms with Crippen molar-refractivity contribution in [3.8, 4) is 0 Å². The molecule has 62 valence electrons. The monoisotopic (exact) mass is 154 g/mol. The second kappa shape index (κ2) is 4.16. The van der Waals surface area contributed by atoms with E-state index in [4.69, 9.17) is 5.11 Å². The smallest absolute Gasteiger partial charge is 0.331 e. The maximum absolute atomic E-state index is 10.6. The summed E-state index contributed by atoms with van der Waals surface area (Å²) >= 11 is 0. The van der Waals surface area contributed by atoms with Crippen molar-refractivity contribution in [3.05, 3.63) is 11.6 Å². The van der Waals surface area contributed by atoms with Crippen LogP contribution in [0.25, 0.3) is 0 Å². The van der Waals surface area contributed by atoms with Crippen LogP contribution in [0.3, 0.4) is 0 Å². The molecule has 0 fully saturated rings. The average molecular weight is 154 g/mol. The van der Waals surface area contributed by atoms with Crippen molar-refractivity contribution in [2.24, 2.45) is 0 Å². The molecule has 0 saturated heterocycles. The molecule has 0 amide bonds. The summed E-state index contributed by atoms with van der Waals surface area (Å²) in [4.78, 5) is 10.6. The van der Waals surface area contributed by atoms with E-state index < -0.39 is 5.97 Å². The first kappa shape index (κ1) is 8.31. The van der Waals surface area contributed by atoms with Crippen molar-refractivity contribution >= 4 is 5.97 Å². The molecule has 2 nitrogen and oxygen atoms in total. The largest absolute Gasteiger partial charge is 0.478 e. The number of carboxylic acid groups (broad SMARTS) is 1. The molecule has 0 aromatic rings. The molecule has 1 aliphatic carbocycles. The first-order chi connectivity index (χ1) is 5.30. The molecule has 0 unspecified atom stereocenters. The number of hydrogen-bond donors (Lipinski definition) is 1. The van der Waals surface area contributed by atoms with Crippen molar-refractivity contribution in [3.63, 3.8) is 0 Å².